The van der Waals surface area contributed by atoms with Crippen molar-refractivity contribution in [3.05, 3.63) is 64.1 Å². The number of aliphatic imine (C=N–C) groups is 1. The van der Waals surface area contributed by atoms with E-state index in [9.17, 15) is 13.2 Å². The lowest BCUT2D eigenvalue weighted by Gasteiger charge is -2.14. The lowest BCUT2D eigenvalue weighted by molar-refractivity contribution is -0.274. The van der Waals surface area contributed by atoms with Crippen LogP contribution in [-0.2, 0) is 0 Å². The maximum Gasteiger partial charge on any atom is 0.573 e. The van der Waals surface area contributed by atoms with E-state index < -0.39 is 12.4 Å². The molecule has 7 heteroatoms. The highest BCUT2D eigenvalue weighted by atomic mass is 79.9. The molecule has 1 atom stereocenters. The molecule has 2 rings (SSSR count). The molecule has 0 aliphatic heterocycles. The highest BCUT2D eigenvalue weighted by molar-refractivity contribution is 9.10. The van der Waals surface area contributed by atoms with Crippen molar-refractivity contribution in [2.75, 3.05) is 0 Å². The van der Waals surface area contributed by atoms with E-state index in [1.165, 1.54) is 24.3 Å². The molecule has 1 unspecified atom stereocenters. The van der Waals surface area contributed by atoms with E-state index in [0.717, 1.165) is 10.0 Å². The van der Waals surface area contributed by atoms with Crippen molar-refractivity contribution < 1.29 is 17.9 Å². The number of rotatable bonds is 4. The van der Waals surface area contributed by atoms with Crippen LogP contribution in [0.4, 0.5) is 13.2 Å². The number of hydrogen-bond donors (Lipinski definition) is 0. The molecule has 2 nitrogen and oxygen atoms in total. The third-order valence-electron chi connectivity index (χ3n) is 2.78. The maximum atomic E-state index is 12.2. The molecule has 2 aromatic rings. The lowest BCUT2D eigenvalue weighted by Crippen LogP contribution is -2.17. The Hall–Kier alpha value is -1.69. The fourth-order valence-electron chi connectivity index (χ4n) is 1.92. The van der Waals surface area contributed by atoms with Gasteiger partial charge in [-0.3, -0.25) is 0 Å². The van der Waals surface area contributed by atoms with Crippen LogP contribution in [-0.4, -0.2) is 11.5 Å². The topological polar surface area (TPSA) is 21.6 Å². The van der Waals surface area contributed by atoms with Crippen molar-refractivity contribution in [2.45, 2.75) is 12.4 Å². The van der Waals surface area contributed by atoms with Gasteiger partial charge < -0.3 is 4.74 Å². The zero-order valence-corrected chi connectivity index (χ0v) is 13.4. The van der Waals surface area contributed by atoms with Gasteiger partial charge in [-0.05, 0) is 47.6 Å². The van der Waals surface area contributed by atoms with E-state index in [4.69, 9.17) is 0 Å². The summed E-state index contributed by atoms with van der Waals surface area (Å²) in [5, 5.41) is 2.32. The van der Waals surface area contributed by atoms with Gasteiger partial charge in [-0.1, -0.05) is 40.2 Å². The number of nitrogens with zero attached hydrogens (tertiary/aromatic N) is 1. The van der Waals surface area contributed by atoms with Gasteiger partial charge in [0.15, 0.2) is 0 Å². The Morgan fingerprint density at radius 2 is 1.77 bits per heavy atom. The van der Waals surface area contributed by atoms with Crippen molar-refractivity contribution in [3.63, 3.8) is 0 Å². The van der Waals surface area contributed by atoms with Crippen molar-refractivity contribution in [1.82, 2.24) is 0 Å². The minimum atomic E-state index is -4.71. The quantitative estimate of drug-likeness (QED) is 0.507. The normalized spacial score (nSPS) is 12.4. The minimum Gasteiger partial charge on any atom is -0.406 e. The number of alkyl halides is 3. The second kappa shape index (κ2) is 7.05. The van der Waals surface area contributed by atoms with Gasteiger partial charge in [0.1, 0.15) is 11.8 Å². The van der Waals surface area contributed by atoms with Gasteiger partial charge in [-0.25, -0.2) is 4.99 Å². The molecule has 0 spiro atoms. The van der Waals surface area contributed by atoms with E-state index in [0.29, 0.717) is 5.56 Å². The lowest BCUT2D eigenvalue weighted by atomic mass is 9.99. The molecular weight excluding hydrogens is 379 g/mol. The molecule has 22 heavy (non-hydrogen) atoms. The van der Waals surface area contributed by atoms with Gasteiger partial charge in [0.2, 0.25) is 0 Å². The van der Waals surface area contributed by atoms with Gasteiger partial charge in [-0.2, -0.15) is 0 Å². The van der Waals surface area contributed by atoms with Crippen LogP contribution in [0, 0.1) is 0 Å². The zero-order valence-electron chi connectivity index (χ0n) is 11.0. The van der Waals surface area contributed by atoms with Gasteiger partial charge in [-0.15, -0.1) is 13.2 Å². The summed E-state index contributed by atoms with van der Waals surface area (Å²) in [4.78, 5) is 4.09. The fourth-order valence-corrected chi connectivity index (χ4v) is 2.45. The van der Waals surface area contributed by atoms with Crippen LogP contribution < -0.4 is 4.74 Å². The van der Waals surface area contributed by atoms with Crippen LogP contribution in [0.3, 0.4) is 0 Å². The highest BCUT2D eigenvalue weighted by Gasteiger charge is 2.31. The molecule has 0 amide bonds. The number of isothiocyanates is 1. The summed E-state index contributed by atoms with van der Waals surface area (Å²) in [5.74, 6) is -0.282. The first-order valence-corrected chi connectivity index (χ1v) is 7.27. The molecular formula is C15H9BrF3NOS. The zero-order chi connectivity index (χ0) is 16.2. The Bertz CT molecular complexity index is 697. The minimum absolute atomic E-state index is 0.282. The summed E-state index contributed by atoms with van der Waals surface area (Å²) >= 11 is 8.02. The van der Waals surface area contributed by atoms with E-state index >= 15 is 0 Å². The summed E-state index contributed by atoms with van der Waals surface area (Å²) in [5.41, 5.74) is 1.53. The molecule has 0 aliphatic carbocycles. The van der Waals surface area contributed by atoms with Gasteiger partial charge in [0.25, 0.3) is 0 Å². The SMILES string of the molecule is FC(F)(F)Oc1ccc(C(N=C=S)c2cccc(Br)c2)cc1. The van der Waals surface area contributed by atoms with Crippen LogP contribution >= 0.6 is 28.1 Å². The Balaban J connectivity index is 2.32. The van der Waals surface area contributed by atoms with Crippen LogP contribution in [0.25, 0.3) is 0 Å². The third-order valence-corrected chi connectivity index (χ3v) is 3.37. The van der Waals surface area contributed by atoms with Gasteiger partial charge >= 0.3 is 6.36 Å². The van der Waals surface area contributed by atoms with Crippen molar-refractivity contribution >= 4 is 33.3 Å². The van der Waals surface area contributed by atoms with Crippen LogP contribution in [0.5, 0.6) is 5.75 Å². The molecule has 0 saturated heterocycles. The second-order valence-electron chi connectivity index (χ2n) is 4.29. The Labute approximate surface area is 138 Å². The molecule has 2 aromatic carbocycles. The van der Waals surface area contributed by atoms with E-state index in [-0.39, 0.29) is 5.75 Å². The summed E-state index contributed by atoms with van der Waals surface area (Å²) in [6.45, 7) is 0. The molecule has 0 heterocycles. The van der Waals surface area contributed by atoms with Crippen LogP contribution in [0.2, 0.25) is 0 Å². The summed E-state index contributed by atoms with van der Waals surface area (Å²) in [7, 11) is 0. The first-order valence-electron chi connectivity index (χ1n) is 6.07. The standard InChI is InChI=1S/C15H9BrF3NOS/c16-12-3-1-2-11(8-12)14(20-9-22)10-4-6-13(7-5-10)21-15(17,18)19/h1-8,14H. The van der Waals surface area contributed by atoms with Gasteiger partial charge in [0, 0.05) is 4.47 Å². The van der Waals surface area contributed by atoms with Crippen LogP contribution in [0.15, 0.2) is 58.0 Å². The summed E-state index contributed by atoms with van der Waals surface area (Å²) in [6.07, 6.45) is -4.71. The second-order valence-corrected chi connectivity index (χ2v) is 5.39. The maximum absolute atomic E-state index is 12.2. The van der Waals surface area contributed by atoms with E-state index in [1.807, 2.05) is 24.3 Å². The average Bonchev–Trinajstić information content (AvgIpc) is 2.44. The smallest absolute Gasteiger partial charge is 0.406 e. The Morgan fingerprint density at radius 1 is 1.09 bits per heavy atom. The third kappa shape index (κ3) is 4.66. The predicted octanol–water partition coefficient (Wildman–Crippen LogP) is 5.54. The molecule has 0 N–H and O–H groups in total. The monoisotopic (exact) mass is 387 g/mol. The average molecular weight is 388 g/mol. The molecule has 0 aromatic heterocycles. The first-order chi connectivity index (χ1) is 10.4. The van der Waals surface area contributed by atoms with E-state index in [1.54, 1.807) is 0 Å². The molecule has 114 valence electrons. The van der Waals surface area contributed by atoms with Crippen molar-refractivity contribution in [1.29, 1.82) is 0 Å². The molecule has 0 fully saturated rings. The van der Waals surface area contributed by atoms with Crippen molar-refractivity contribution in [2.24, 2.45) is 4.99 Å². The Kier molecular flexibility index (Phi) is 5.34. The van der Waals surface area contributed by atoms with Gasteiger partial charge in [0.05, 0.1) is 5.16 Å². The Morgan fingerprint density at radius 3 is 2.32 bits per heavy atom. The first kappa shape index (κ1) is 16.7. The summed E-state index contributed by atoms with van der Waals surface area (Å²) < 4.78 is 41.2. The van der Waals surface area contributed by atoms with Crippen molar-refractivity contribution in [3.8, 4) is 5.75 Å². The summed E-state index contributed by atoms with van der Waals surface area (Å²) in [6, 6.07) is 12.5. The fraction of sp³-hybridized carbons (Fsp3) is 0.133. The number of hydrogen-bond acceptors (Lipinski definition) is 3. The number of thiocarbonyl (C=S) groups is 1. The predicted molar refractivity (Wildman–Crippen MR) is 84.1 cm³/mol. The number of halogens is 4. The molecule has 0 radical (unpaired) electrons. The molecule has 0 aliphatic rings. The largest absolute Gasteiger partial charge is 0.573 e. The van der Waals surface area contributed by atoms with Crippen LogP contribution in [0.1, 0.15) is 17.2 Å². The van der Waals surface area contributed by atoms with E-state index in [2.05, 4.69) is 43.0 Å². The number of benzene rings is 2. The number of ether oxygens (including phenoxy) is 1. The molecule has 0 saturated carbocycles. The molecule has 0 bridgehead atoms. The highest BCUT2D eigenvalue weighted by Crippen LogP contribution is 2.30.